The number of hydrogen-bond acceptors (Lipinski definition) is 3. The van der Waals surface area contributed by atoms with Gasteiger partial charge >= 0.3 is 0 Å². The first-order valence-corrected chi connectivity index (χ1v) is 11.9. The lowest BCUT2D eigenvalue weighted by Crippen LogP contribution is -2.48. The zero-order valence-electron chi connectivity index (χ0n) is 19.1. The Labute approximate surface area is 191 Å². The number of primary amides is 1. The molecule has 0 aliphatic carbocycles. The third kappa shape index (κ3) is 5.04. The summed E-state index contributed by atoms with van der Waals surface area (Å²) < 4.78 is 0. The van der Waals surface area contributed by atoms with Gasteiger partial charge in [-0.2, -0.15) is 0 Å². The molecule has 4 rings (SSSR count). The number of nitrogens with zero attached hydrogens (tertiary/aromatic N) is 2. The van der Waals surface area contributed by atoms with Gasteiger partial charge in [0.15, 0.2) is 0 Å². The highest BCUT2D eigenvalue weighted by Crippen LogP contribution is 2.38. The molecule has 32 heavy (non-hydrogen) atoms. The first-order valence-electron chi connectivity index (χ1n) is 11.9. The third-order valence-electron chi connectivity index (χ3n) is 7.48. The molecule has 170 valence electrons. The van der Waals surface area contributed by atoms with Crippen molar-refractivity contribution in [2.45, 2.75) is 51.5 Å². The Morgan fingerprint density at radius 3 is 2.38 bits per heavy atom. The van der Waals surface area contributed by atoms with E-state index in [4.69, 9.17) is 5.73 Å². The average molecular weight is 434 g/mol. The monoisotopic (exact) mass is 433 g/mol. The molecule has 2 aliphatic rings. The molecule has 2 amide bonds. The number of likely N-dealkylation sites (tertiary alicyclic amines) is 2. The van der Waals surface area contributed by atoms with E-state index in [1.807, 2.05) is 11.0 Å². The second kappa shape index (κ2) is 9.86. The van der Waals surface area contributed by atoms with Crippen molar-refractivity contribution in [2.24, 2.45) is 11.1 Å². The number of carbonyl (C=O) groups is 2. The number of carbonyl (C=O) groups excluding carboxylic acids is 2. The average Bonchev–Trinajstić information content (AvgIpc) is 2.81. The Kier molecular flexibility index (Phi) is 6.95. The first-order chi connectivity index (χ1) is 15.5. The van der Waals surface area contributed by atoms with Crippen molar-refractivity contribution in [3.8, 4) is 0 Å². The van der Waals surface area contributed by atoms with Gasteiger partial charge in [0.2, 0.25) is 11.8 Å². The number of piperidine rings is 2. The summed E-state index contributed by atoms with van der Waals surface area (Å²) in [4.78, 5) is 29.0. The first kappa shape index (κ1) is 22.5. The second-order valence-electron chi connectivity index (χ2n) is 9.59. The molecule has 1 atom stereocenters. The quantitative estimate of drug-likeness (QED) is 0.755. The van der Waals surface area contributed by atoms with E-state index in [0.29, 0.717) is 12.3 Å². The van der Waals surface area contributed by atoms with Gasteiger partial charge in [0.05, 0.1) is 5.41 Å². The van der Waals surface area contributed by atoms with Crippen molar-refractivity contribution in [1.82, 2.24) is 9.80 Å². The molecule has 5 nitrogen and oxygen atoms in total. The second-order valence-corrected chi connectivity index (χ2v) is 9.59. The van der Waals surface area contributed by atoms with Crippen LogP contribution in [0.5, 0.6) is 0 Å². The van der Waals surface area contributed by atoms with Crippen molar-refractivity contribution in [2.75, 3.05) is 26.2 Å². The molecule has 0 saturated carbocycles. The van der Waals surface area contributed by atoms with Crippen LogP contribution in [-0.4, -0.2) is 47.8 Å². The van der Waals surface area contributed by atoms with Crippen LogP contribution >= 0.6 is 0 Å². The van der Waals surface area contributed by atoms with E-state index in [1.165, 1.54) is 16.7 Å². The lowest BCUT2D eigenvalue weighted by Gasteiger charge is -2.41. The van der Waals surface area contributed by atoms with Gasteiger partial charge in [-0.05, 0) is 61.9 Å². The molecule has 2 aromatic rings. The molecule has 2 N–H and O–H groups in total. The van der Waals surface area contributed by atoms with Crippen LogP contribution in [0.25, 0.3) is 0 Å². The molecule has 0 spiro atoms. The van der Waals surface area contributed by atoms with Crippen LogP contribution in [0.15, 0.2) is 54.6 Å². The van der Waals surface area contributed by atoms with E-state index in [1.54, 1.807) is 6.92 Å². The molecule has 5 heteroatoms. The lowest BCUT2D eigenvalue weighted by molar-refractivity contribution is -0.130. The van der Waals surface area contributed by atoms with E-state index < -0.39 is 5.41 Å². The highest BCUT2D eigenvalue weighted by molar-refractivity contribution is 5.81. The maximum Gasteiger partial charge on any atom is 0.224 e. The van der Waals surface area contributed by atoms with Gasteiger partial charge in [0.1, 0.15) is 0 Å². The summed E-state index contributed by atoms with van der Waals surface area (Å²) in [6, 6.07) is 19.0. The molecule has 0 aromatic heterocycles. The van der Waals surface area contributed by atoms with Crippen LogP contribution in [0.4, 0.5) is 0 Å². The predicted octanol–water partition coefficient (Wildman–Crippen LogP) is 3.72. The Balaban J connectivity index is 1.48. The van der Waals surface area contributed by atoms with Gasteiger partial charge in [-0.1, -0.05) is 54.6 Å². The van der Waals surface area contributed by atoms with E-state index in [-0.39, 0.29) is 11.8 Å². The fourth-order valence-corrected chi connectivity index (χ4v) is 5.47. The van der Waals surface area contributed by atoms with Crippen LogP contribution in [0.2, 0.25) is 0 Å². The topological polar surface area (TPSA) is 66.6 Å². The Morgan fingerprint density at radius 1 is 1.00 bits per heavy atom. The van der Waals surface area contributed by atoms with Gasteiger partial charge in [0.25, 0.3) is 0 Å². The smallest absolute Gasteiger partial charge is 0.224 e. The highest BCUT2D eigenvalue weighted by Gasteiger charge is 2.40. The fourth-order valence-electron chi connectivity index (χ4n) is 5.47. The molecule has 0 bridgehead atoms. The minimum Gasteiger partial charge on any atom is -0.369 e. The van der Waals surface area contributed by atoms with Crippen LogP contribution in [0.3, 0.4) is 0 Å². The molecule has 0 unspecified atom stereocenters. The predicted molar refractivity (Wildman–Crippen MR) is 127 cm³/mol. The summed E-state index contributed by atoms with van der Waals surface area (Å²) in [7, 11) is 0. The summed E-state index contributed by atoms with van der Waals surface area (Å²) >= 11 is 0. The van der Waals surface area contributed by atoms with Crippen molar-refractivity contribution in [3.63, 3.8) is 0 Å². The number of benzene rings is 2. The highest BCUT2D eigenvalue weighted by atomic mass is 16.2. The molecule has 2 saturated heterocycles. The number of amides is 2. The van der Waals surface area contributed by atoms with Gasteiger partial charge in [-0.15, -0.1) is 0 Å². The molecule has 2 aromatic carbocycles. The number of nitrogens with two attached hydrogens (primary N) is 1. The Hall–Kier alpha value is -2.66. The summed E-state index contributed by atoms with van der Waals surface area (Å²) in [5.74, 6) is 0.291. The van der Waals surface area contributed by atoms with E-state index in [0.717, 1.165) is 58.4 Å². The maximum atomic E-state index is 12.7. The SMILES string of the molecule is CC(=O)N1CCC[C@@H](c2ccccc2CC2(C(N)=O)CCN(Cc3ccccc3)CC2)C1. The number of rotatable bonds is 6. The number of hydrogen-bond donors (Lipinski definition) is 1. The molecule has 0 radical (unpaired) electrons. The molecular weight excluding hydrogens is 398 g/mol. The molecule has 2 heterocycles. The van der Waals surface area contributed by atoms with Crippen molar-refractivity contribution in [1.29, 1.82) is 0 Å². The lowest BCUT2D eigenvalue weighted by atomic mass is 9.71. The third-order valence-corrected chi connectivity index (χ3v) is 7.48. The molecule has 2 aliphatic heterocycles. The Morgan fingerprint density at radius 2 is 1.69 bits per heavy atom. The summed E-state index contributed by atoms with van der Waals surface area (Å²) in [5, 5.41) is 0. The van der Waals surface area contributed by atoms with Crippen molar-refractivity contribution < 1.29 is 9.59 Å². The van der Waals surface area contributed by atoms with E-state index >= 15 is 0 Å². The summed E-state index contributed by atoms with van der Waals surface area (Å²) in [6.45, 7) is 5.93. The minimum absolute atomic E-state index is 0.145. The van der Waals surface area contributed by atoms with Gasteiger partial charge in [0, 0.05) is 32.5 Å². The summed E-state index contributed by atoms with van der Waals surface area (Å²) in [5.41, 5.74) is 9.33. The zero-order chi connectivity index (χ0) is 22.6. The van der Waals surface area contributed by atoms with Crippen LogP contribution in [0, 0.1) is 5.41 Å². The van der Waals surface area contributed by atoms with Crippen LogP contribution in [0.1, 0.15) is 55.2 Å². The van der Waals surface area contributed by atoms with Crippen LogP contribution < -0.4 is 5.73 Å². The van der Waals surface area contributed by atoms with Gasteiger partial charge in [-0.25, -0.2) is 0 Å². The maximum absolute atomic E-state index is 12.7. The normalized spacial score (nSPS) is 21.3. The van der Waals surface area contributed by atoms with Gasteiger partial charge < -0.3 is 10.6 Å². The van der Waals surface area contributed by atoms with Gasteiger partial charge in [-0.3, -0.25) is 14.5 Å². The molecular formula is C27H35N3O2. The zero-order valence-corrected chi connectivity index (χ0v) is 19.1. The minimum atomic E-state index is -0.502. The van der Waals surface area contributed by atoms with Crippen LogP contribution in [-0.2, 0) is 22.6 Å². The fraction of sp³-hybridized carbons (Fsp3) is 0.481. The largest absolute Gasteiger partial charge is 0.369 e. The standard InChI is InChI=1S/C27H35N3O2/c1-21(31)30-15-7-11-24(20-30)25-12-6-5-10-23(25)18-27(26(28)32)13-16-29(17-14-27)19-22-8-3-2-4-9-22/h2-6,8-10,12,24H,7,11,13-20H2,1H3,(H2,28,32)/t24-/m1/s1. The Bertz CT molecular complexity index is 935. The van der Waals surface area contributed by atoms with Crippen molar-refractivity contribution >= 4 is 11.8 Å². The van der Waals surface area contributed by atoms with E-state index in [2.05, 4.69) is 53.4 Å². The molecule has 2 fully saturated rings. The van der Waals surface area contributed by atoms with E-state index in [9.17, 15) is 9.59 Å². The van der Waals surface area contributed by atoms with Crippen molar-refractivity contribution in [3.05, 3.63) is 71.3 Å². The summed E-state index contributed by atoms with van der Waals surface area (Å²) in [6.07, 6.45) is 4.36.